The average Bonchev–Trinajstić information content (AvgIpc) is 2.70. The van der Waals surface area contributed by atoms with Gasteiger partial charge in [-0.2, -0.15) is 0 Å². The number of anilines is 1. The number of halogens is 1. The lowest BCUT2D eigenvalue weighted by Gasteiger charge is -2.36. The molecule has 0 bridgehead atoms. The van der Waals surface area contributed by atoms with Crippen LogP contribution in [0.15, 0.2) is 42.5 Å². The number of piperazine rings is 1. The van der Waals surface area contributed by atoms with Gasteiger partial charge < -0.3 is 19.7 Å². The number of benzene rings is 2. The fourth-order valence-corrected chi connectivity index (χ4v) is 3.12. The van der Waals surface area contributed by atoms with Crippen molar-refractivity contribution >= 4 is 11.8 Å². The lowest BCUT2D eigenvalue weighted by Crippen LogP contribution is -2.45. The number of hydrogen-bond donors (Lipinski definition) is 1. The van der Waals surface area contributed by atoms with Crippen LogP contribution in [0.1, 0.15) is 5.56 Å². The van der Waals surface area contributed by atoms with Crippen molar-refractivity contribution in [1.29, 1.82) is 0 Å². The number of methoxy groups -OCH3 is 1. The van der Waals surface area contributed by atoms with E-state index in [-0.39, 0.29) is 5.82 Å². The topological polar surface area (TPSA) is 54.0 Å². The van der Waals surface area contributed by atoms with Gasteiger partial charge in [0.1, 0.15) is 5.82 Å². The van der Waals surface area contributed by atoms with E-state index in [0.29, 0.717) is 11.5 Å². The van der Waals surface area contributed by atoms with Crippen LogP contribution < -0.4 is 19.7 Å². The van der Waals surface area contributed by atoms with Crippen LogP contribution in [0, 0.1) is 5.82 Å². The molecule has 0 aromatic heterocycles. The molecule has 1 heterocycles. The molecule has 6 nitrogen and oxygen atoms in total. The van der Waals surface area contributed by atoms with E-state index in [1.807, 2.05) is 24.3 Å². The van der Waals surface area contributed by atoms with Crippen LogP contribution in [0.4, 0.5) is 14.9 Å². The zero-order valence-corrected chi connectivity index (χ0v) is 15.6. The van der Waals surface area contributed by atoms with E-state index in [1.54, 1.807) is 13.2 Å². The molecule has 2 aromatic carbocycles. The summed E-state index contributed by atoms with van der Waals surface area (Å²) in [4.78, 5) is 16.0. The number of ether oxygens (including phenoxy) is 2. The second kappa shape index (κ2) is 8.73. The molecule has 7 heteroatoms. The number of carbonyl (C=O) groups excluding carboxylic acids is 1. The van der Waals surface area contributed by atoms with Gasteiger partial charge in [0, 0.05) is 45.5 Å². The molecule has 0 atom stereocenters. The third kappa shape index (κ3) is 4.89. The van der Waals surface area contributed by atoms with Crippen LogP contribution in [0.5, 0.6) is 11.5 Å². The average molecular weight is 373 g/mol. The molecule has 27 heavy (non-hydrogen) atoms. The maximum Gasteiger partial charge on any atom is 0.412 e. The summed E-state index contributed by atoms with van der Waals surface area (Å²) in [6.07, 6.45) is -0.530. The summed E-state index contributed by atoms with van der Waals surface area (Å²) in [5, 5.41) is 2.42. The molecule has 1 amide bonds. The van der Waals surface area contributed by atoms with E-state index >= 15 is 0 Å². The first kappa shape index (κ1) is 19.0. The summed E-state index contributed by atoms with van der Waals surface area (Å²) in [7, 11) is 3.06. The Hall–Kier alpha value is -2.80. The fraction of sp³-hybridized carbons (Fsp3) is 0.350. The summed E-state index contributed by atoms with van der Waals surface area (Å²) >= 11 is 0. The normalized spacial score (nSPS) is 14.7. The molecule has 144 valence electrons. The summed E-state index contributed by atoms with van der Waals surface area (Å²) < 4.78 is 23.6. The van der Waals surface area contributed by atoms with E-state index < -0.39 is 6.09 Å². The smallest absolute Gasteiger partial charge is 0.412 e. The monoisotopic (exact) mass is 373 g/mol. The van der Waals surface area contributed by atoms with Gasteiger partial charge in [-0.05, 0) is 42.0 Å². The maximum absolute atomic E-state index is 13.1. The molecular weight excluding hydrogens is 349 g/mol. The highest BCUT2D eigenvalue weighted by molar-refractivity contribution is 5.71. The predicted molar refractivity (Wildman–Crippen MR) is 102 cm³/mol. The van der Waals surface area contributed by atoms with E-state index in [4.69, 9.17) is 9.47 Å². The van der Waals surface area contributed by atoms with Gasteiger partial charge in [-0.15, -0.1) is 0 Å². The lowest BCUT2D eigenvalue weighted by atomic mass is 10.1. The van der Waals surface area contributed by atoms with Gasteiger partial charge in [0.25, 0.3) is 0 Å². The van der Waals surface area contributed by atoms with Crippen LogP contribution in [0.3, 0.4) is 0 Å². The summed E-state index contributed by atoms with van der Waals surface area (Å²) in [5.74, 6) is 0.706. The standard InChI is InChI=1S/C20H24FN3O3/c1-22-20(25)27-18-8-3-15(13-19(18)26-2)14-23-9-11-24(12-10-23)17-6-4-16(21)5-7-17/h3-8,13H,9-12,14H2,1-2H3,(H,22,25). The quantitative estimate of drug-likeness (QED) is 0.874. The Bertz CT molecular complexity index is 775. The van der Waals surface area contributed by atoms with Gasteiger partial charge in [0.05, 0.1) is 7.11 Å². The number of hydrogen-bond acceptors (Lipinski definition) is 5. The van der Waals surface area contributed by atoms with Gasteiger partial charge in [-0.1, -0.05) is 6.07 Å². The van der Waals surface area contributed by atoms with Gasteiger partial charge in [0.15, 0.2) is 11.5 Å². The Kier molecular flexibility index (Phi) is 6.13. The molecule has 0 radical (unpaired) electrons. The molecule has 0 unspecified atom stereocenters. The number of nitrogens with one attached hydrogen (secondary N) is 1. The summed E-state index contributed by atoms with van der Waals surface area (Å²) in [6, 6.07) is 12.2. The second-order valence-corrected chi connectivity index (χ2v) is 6.36. The largest absolute Gasteiger partial charge is 0.493 e. The number of amides is 1. The van der Waals surface area contributed by atoms with Crippen LogP contribution in [-0.4, -0.2) is 51.3 Å². The van der Waals surface area contributed by atoms with E-state index in [9.17, 15) is 9.18 Å². The molecule has 0 saturated carbocycles. The van der Waals surface area contributed by atoms with Crippen LogP contribution in [-0.2, 0) is 6.54 Å². The van der Waals surface area contributed by atoms with Crippen molar-refractivity contribution in [2.75, 3.05) is 45.2 Å². The first-order valence-corrected chi connectivity index (χ1v) is 8.88. The Morgan fingerprint density at radius 2 is 1.78 bits per heavy atom. The minimum Gasteiger partial charge on any atom is -0.493 e. The third-order valence-electron chi connectivity index (χ3n) is 4.61. The first-order valence-electron chi connectivity index (χ1n) is 8.88. The minimum atomic E-state index is -0.530. The molecule has 1 saturated heterocycles. The molecule has 0 aliphatic carbocycles. The maximum atomic E-state index is 13.1. The third-order valence-corrected chi connectivity index (χ3v) is 4.61. The molecule has 2 aromatic rings. The zero-order valence-electron chi connectivity index (χ0n) is 15.6. The second-order valence-electron chi connectivity index (χ2n) is 6.36. The fourth-order valence-electron chi connectivity index (χ4n) is 3.12. The van der Waals surface area contributed by atoms with Crippen molar-refractivity contribution in [2.45, 2.75) is 6.54 Å². The molecule has 0 spiro atoms. The minimum absolute atomic E-state index is 0.213. The lowest BCUT2D eigenvalue weighted by molar-refractivity contribution is 0.200. The molecule has 1 aliphatic heterocycles. The molecule has 1 N–H and O–H groups in total. The van der Waals surface area contributed by atoms with Gasteiger partial charge in [-0.25, -0.2) is 9.18 Å². The van der Waals surface area contributed by atoms with Crippen molar-refractivity contribution in [2.24, 2.45) is 0 Å². The molecule has 3 rings (SSSR count). The Morgan fingerprint density at radius 3 is 2.41 bits per heavy atom. The molecule has 1 aliphatic rings. The van der Waals surface area contributed by atoms with E-state index in [1.165, 1.54) is 19.2 Å². The zero-order chi connectivity index (χ0) is 19.2. The van der Waals surface area contributed by atoms with Gasteiger partial charge in [0.2, 0.25) is 0 Å². The van der Waals surface area contributed by atoms with Gasteiger partial charge >= 0.3 is 6.09 Å². The number of nitrogens with zero attached hydrogens (tertiary/aromatic N) is 2. The Morgan fingerprint density at radius 1 is 1.07 bits per heavy atom. The summed E-state index contributed by atoms with van der Waals surface area (Å²) in [5.41, 5.74) is 2.14. The van der Waals surface area contributed by atoms with Crippen molar-refractivity contribution < 1.29 is 18.7 Å². The molecular formula is C20H24FN3O3. The summed E-state index contributed by atoms with van der Waals surface area (Å²) in [6.45, 7) is 4.39. The number of carbonyl (C=O) groups is 1. The SMILES string of the molecule is CNC(=O)Oc1ccc(CN2CCN(c3ccc(F)cc3)CC2)cc1OC. The van der Waals surface area contributed by atoms with E-state index in [0.717, 1.165) is 44.0 Å². The number of rotatable bonds is 5. The first-order chi connectivity index (χ1) is 13.1. The Balaban J connectivity index is 1.58. The molecule has 1 fully saturated rings. The van der Waals surface area contributed by atoms with E-state index in [2.05, 4.69) is 15.1 Å². The van der Waals surface area contributed by atoms with Crippen LogP contribution in [0.2, 0.25) is 0 Å². The van der Waals surface area contributed by atoms with Crippen molar-refractivity contribution in [1.82, 2.24) is 10.2 Å². The van der Waals surface area contributed by atoms with Crippen LogP contribution >= 0.6 is 0 Å². The van der Waals surface area contributed by atoms with Crippen molar-refractivity contribution in [3.8, 4) is 11.5 Å². The highest BCUT2D eigenvalue weighted by atomic mass is 19.1. The Labute approximate surface area is 158 Å². The van der Waals surface area contributed by atoms with Crippen molar-refractivity contribution in [3.05, 3.63) is 53.8 Å². The highest BCUT2D eigenvalue weighted by Crippen LogP contribution is 2.29. The van der Waals surface area contributed by atoms with Crippen molar-refractivity contribution in [3.63, 3.8) is 0 Å². The van der Waals surface area contributed by atoms with Gasteiger partial charge in [-0.3, -0.25) is 4.90 Å². The highest BCUT2D eigenvalue weighted by Gasteiger charge is 2.18. The van der Waals surface area contributed by atoms with Crippen LogP contribution in [0.25, 0.3) is 0 Å². The predicted octanol–water partition coefficient (Wildman–Crippen LogP) is 2.87.